The molecule has 0 amide bonds. The van der Waals surface area contributed by atoms with Gasteiger partial charge in [-0.05, 0) is 19.4 Å². The summed E-state index contributed by atoms with van der Waals surface area (Å²) >= 11 is 0. The summed E-state index contributed by atoms with van der Waals surface area (Å²) in [6.45, 7) is 2.41. The lowest BCUT2D eigenvalue weighted by molar-refractivity contribution is 0.728. The predicted octanol–water partition coefficient (Wildman–Crippen LogP) is 0.680. The topological polar surface area (TPSA) is 12.0 Å². The quantitative estimate of drug-likeness (QED) is 0.436. The van der Waals surface area contributed by atoms with Crippen molar-refractivity contribution in [2.24, 2.45) is 0 Å². The Morgan fingerprint density at radius 2 is 2.29 bits per heavy atom. The first-order valence-corrected chi connectivity index (χ1v) is 2.87. The minimum atomic E-state index is 1.19. The Bertz CT molecular complexity index is 110. The normalized spacial score (nSPS) is 27.4. The van der Waals surface area contributed by atoms with Crippen molar-refractivity contribution in [2.75, 3.05) is 13.1 Å². The molecule has 1 aliphatic carbocycles. The van der Waals surface area contributed by atoms with Crippen LogP contribution < -0.4 is 5.32 Å². The van der Waals surface area contributed by atoms with Crippen LogP contribution in [0.3, 0.4) is 0 Å². The third-order valence-corrected chi connectivity index (χ3v) is 1.74. The summed E-state index contributed by atoms with van der Waals surface area (Å²) in [5.41, 5.74) is 3.42. The van der Waals surface area contributed by atoms with Crippen molar-refractivity contribution < 1.29 is 0 Å². The number of rotatable bonds is 0. The van der Waals surface area contributed by atoms with E-state index in [9.17, 15) is 0 Å². The first kappa shape index (κ1) is 3.67. The Hall–Kier alpha value is -0.300. The van der Waals surface area contributed by atoms with Crippen LogP contribution >= 0.6 is 0 Å². The van der Waals surface area contributed by atoms with E-state index in [0.717, 1.165) is 0 Å². The van der Waals surface area contributed by atoms with E-state index >= 15 is 0 Å². The highest BCUT2D eigenvalue weighted by Gasteiger charge is 2.22. The molecule has 1 N–H and O–H groups in total. The molecule has 0 saturated carbocycles. The lowest BCUT2D eigenvalue weighted by Crippen LogP contribution is -2.17. The number of nitrogens with one attached hydrogen (secondary N) is 1. The van der Waals surface area contributed by atoms with Crippen molar-refractivity contribution >= 4 is 0 Å². The van der Waals surface area contributed by atoms with E-state index in [-0.39, 0.29) is 0 Å². The van der Waals surface area contributed by atoms with Crippen LogP contribution in [-0.2, 0) is 0 Å². The van der Waals surface area contributed by atoms with Gasteiger partial charge in [0.15, 0.2) is 0 Å². The summed E-state index contributed by atoms with van der Waals surface area (Å²) in [6, 6.07) is 0. The highest BCUT2D eigenvalue weighted by Crippen LogP contribution is 2.34. The van der Waals surface area contributed by atoms with Gasteiger partial charge in [0.1, 0.15) is 0 Å². The molecule has 0 atom stereocenters. The first-order valence-electron chi connectivity index (χ1n) is 2.87. The molecular formula is C6H9N. The zero-order valence-electron chi connectivity index (χ0n) is 4.33. The van der Waals surface area contributed by atoms with Crippen LogP contribution in [0.5, 0.6) is 0 Å². The fraction of sp³-hybridized carbons (Fsp3) is 0.667. The zero-order valence-corrected chi connectivity index (χ0v) is 4.33. The van der Waals surface area contributed by atoms with Gasteiger partial charge in [0.25, 0.3) is 0 Å². The Labute approximate surface area is 43.4 Å². The summed E-state index contributed by atoms with van der Waals surface area (Å²) in [5, 5.41) is 3.32. The lowest BCUT2D eigenvalue weighted by atomic mass is 10.3. The fourth-order valence-corrected chi connectivity index (χ4v) is 1.14. The Morgan fingerprint density at radius 1 is 1.29 bits per heavy atom. The molecule has 0 radical (unpaired) electrons. The van der Waals surface area contributed by atoms with Gasteiger partial charge >= 0.3 is 0 Å². The predicted molar refractivity (Wildman–Crippen MR) is 29.1 cm³/mol. The van der Waals surface area contributed by atoms with Gasteiger partial charge in [0.05, 0.1) is 0 Å². The van der Waals surface area contributed by atoms with E-state index in [1.807, 2.05) is 0 Å². The monoisotopic (exact) mass is 95.1 g/mol. The van der Waals surface area contributed by atoms with Crippen molar-refractivity contribution in [3.8, 4) is 0 Å². The van der Waals surface area contributed by atoms with E-state index in [1.54, 1.807) is 11.1 Å². The van der Waals surface area contributed by atoms with E-state index in [2.05, 4.69) is 5.32 Å². The van der Waals surface area contributed by atoms with E-state index in [4.69, 9.17) is 0 Å². The molecule has 2 rings (SSSR count). The largest absolute Gasteiger partial charge is 0.313 e. The minimum Gasteiger partial charge on any atom is -0.313 e. The fourth-order valence-electron chi connectivity index (χ4n) is 1.14. The molecule has 1 heterocycles. The highest BCUT2D eigenvalue weighted by atomic mass is 14.9. The molecule has 0 saturated heterocycles. The summed E-state index contributed by atoms with van der Waals surface area (Å²) in [7, 11) is 0. The Balaban J connectivity index is 2.15. The Kier molecular flexibility index (Phi) is 0.577. The molecule has 0 fully saturated rings. The second-order valence-corrected chi connectivity index (χ2v) is 2.31. The highest BCUT2D eigenvalue weighted by molar-refractivity contribution is 5.37. The average Bonchev–Trinajstić information content (AvgIpc) is 2.41. The molecule has 1 heteroatoms. The van der Waals surface area contributed by atoms with Crippen LogP contribution in [0.15, 0.2) is 11.1 Å². The van der Waals surface area contributed by atoms with Crippen LogP contribution in [0.2, 0.25) is 0 Å². The van der Waals surface area contributed by atoms with Crippen molar-refractivity contribution in [1.29, 1.82) is 0 Å². The maximum absolute atomic E-state index is 3.32. The van der Waals surface area contributed by atoms with Crippen LogP contribution in [0, 0.1) is 0 Å². The number of hydrogen-bond donors (Lipinski definition) is 1. The van der Waals surface area contributed by atoms with Gasteiger partial charge in [-0.1, -0.05) is 11.1 Å². The second-order valence-electron chi connectivity index (χ2n) is 2.31. The van der Waals surface area contributed by atoms with Crippen LogP contribution in [0.1, 0.15) is 12.8 Å². The standard InChI is InChI=1S/C6H9N/c1-2-7-4-6-3-5(1)6/h7H,1-4H2. The van der Waals surface area contributed by atoms with Crippen molar-refractivity contribution in [3.63, 3.8) is 0 Å². The van der Waals surface area contributed by atoms with Crippen molar-refractivity contribution in [1.82, 2.24) is 5.32 Å². The Morgan fingerprint density at radius 3 is 2.86 bits per heavy atom. The van der Waals surface area contributed by atoms with Crippen LogP contribution in [0.25, 0.3) is 0 Å². The molecule has 0 aromatic heterocycles. The van der Waals surface area contributed by atoms with Gasteiger partial charge in [-0.2, -0.15) is 0 Å². The summed E-state index contributed by atoms with van der Waals surface area (Å²) in [5.74, 6) is 0. The second kappa shape index (κ2) is 1.10. The van der Waals surface area contributed by atoms with Gasteiger partial charge in [0, 0.05) is 6.54 Å². The third-order valence-electron chi connectivity index (χ3n) is 1.74. The summed E-state index contributed by atoms with van der Waals surface area (Å²) in [6.07, 6.45) is 2.68. The summed E-state index contributed by atoms with van der Waals surface area (Å²) < 4.78 is 0. The van der Waals surface area contributed by atoms with Crippen molar-refractivity contribution in [2.45, 2.75) is 12.8 Å². The van der Waals surface area contributed by atoms with E-state index in [0.29, 0.717) is 0 Å². The lowest BCUT2D eigenvalue weighted by Gasteiger charge is -2.00. The SMILES string of the molecule is C1CC2=C(CN1)C2. The summed E-state index contributed by atoms with van der Waals surface area (Å²) in [4.78, 5) is 0. The molecular weight excluding hydrogens is 86.1 g/mol. The van der Waals surface area contributed by atoms with Crippen LogP contribution in [-0.4, -0.2) is 13.1 Å². The third kappa shape index (κ3) is 0.484. The smallest absolute Gasteiger partial charge is 0.0170 e. The first-order chi connectivity index (χ1) is 3.47. The molecule has 1 nitrogen and oxygen atoms in total. The molecule has 0 aromatic carbocycles. The number of hydrogen-bond acceptors (Lipinski definition) is 1. The van der Waals surface area contributed by atoms with Gasteiger partial charge in [-0.25, -0.2) is 0 Å². The molecule has 0 bridgehead atoms. The molecule has 0 aromatic rings. The van der Waals surface area contributed by atoms with E-state index < -0.39 is 0 Å². The zero-order chi connectivity index (χ0) is 4.69. The molecule has 0 unspecified atom stereocenters. The van der Waals surface area contributed by atoms with Gasteiger partial charge in [0.2, 0.25) is 0 Å². The maximum atomic E-state index is 3.32. The van der Waals surface area contributed by atoms with Crippen molar-refractivity contribution in [3.05, 3.63) is 11.1 Å². The van der Waals surface area contributed by atoms with Gasteiger partial charge in [-0.15, -0.1) is 0 Å². The van der Waals surface area contributed by atoms with Gasteiger partial charge < -0.3 is 5.32 Å². The minimum absolute atomic E-state index is 1.19. The molecule has 38 valence electrons. The molecule has 2 aliphatic rings. The van der Waals surface area contributed by atoms with E-state index in [1.165, 1.54) is 25.9 Å². The van der Waals surface area contributed by atoms with Crippen LogP contribution in [0.4, 0.5) is 0 Å². The molecule has 7 heavy (non-hydrogen) atoms. The maximum Gasteiger partial charge on any atom is 0.0170 e. The molecule has 1 aliphatic heterocycles. The molecule has 0 spiro atoms. The average molecular weight is 95.1 g/mol. The van der Waals surface area contributed by atoms with Gasteiger partial charge in [-0.3, -0.25) is 0 Å².